The Kier molecular flexibility index (Phi) is 11.4. The smallest absolute Gasteiger partial charge is 0.408 e. The predicted octanol–water partition coefficient (Wildman–Crippen LogP) is 5.10. The molecule has 1 aliphatic rings. The molecule has 0 unspecified atom stereocenters. The summed E-state index contributed by atoms with van der Waals surface area (Å²) in [5.74, 6) is 1.77. The minimum absolute atomic E-state index is 0.00798. The fraction of sp³-hybridized carbons (Fsp3) is 0.515. The molecule has 244 valence electrons. The van der Waals surface area contributed by atoms with Crippen LogP contribution in [0.4, 0.5) is 4.79 Å². The molecule has 4 rings (SSSR count). The lowest BCUT2D eigenvalue weighted by Gasteiger charge is -2.27. The fourth-order valence-electron chi connectivity index (χ4n) is 4.79. The Morgan fingerprint density at radius 3 is 2.51 bits per heavy atom. The Hall–Kier alpha value is -3.79. The highest BCUT2D eigenvalue weighted by Gasteiger charge is 2.27. The summed E-state index contributed by atoms with van der Waals surface area (Å²) in [5, 5.41) is 16.3. The number of carbonyl (C=O) groups is 2. The molecule has 1 fully saturated rings. The van der Waals surface area contributed by atoms with Crippen LogP contribution in [-0.2, 0) is 32.2 Å². The van der Waals surface area contributed by atoms with Crippen LogP contribution < -0.4 is 15.4 Å². The first kappa shape index (κ1) is 34.1. The standard InChI is InChI=1S/C33H45N5O6S/c1-33(2,3)44-32(40)37-27(31(39)36-25-12-15-41-16-13-25)19-23-7-9-26(10-8-23)43-28-11-14-35-30-29(28)24(20-34)21-38(30)22-42-17-18-45(4,5)6/h7-11,14,21,25,27H,12-13,15-19,22H2,1-6H3,(H,36,39)(H,37,40)/t27-/m0/s1. The average molecular weight is 640 g/mol. The molecule has 3 aromatic rings. The molecule has 0 radical (unpaired) electrons. The van der Waals surface area contributed by atoms with E-state index in [1.54, 1.807) is 51.4 Å². The molecule has 1 aromatic carbocycles. The van der Waals surface area contributed by atoms with Crippen molar-refractivity contribution in [1.82, 2.24) is 20.2 Å². The summed E-state index contributed by atoms with van der Waals surface area (Å²) in [6.45, 7) is 7.43. The number of hydrogen-bond donors (Lipinski definition) is 2. The van der Waals surface area contributed by atoms with Crippen molar-refractivity contribution >= 4 is 33.1 Å². The molecule has 1 atom stereocenters. The Bertz CT molecular complexity index is 1500. The maximum atomic E-state index is 13.2. The second-order valence-corrected chi connectivity index (χ2v) is 17.6. The molecule has 1 aliphatic heterocycles. The van der Waals surface area contributed by atoms with Gasteiger partial charge in [-0.05, 0) is 76.1 Å². The van der Waals surface area contributed by atoms with Gasteiger partial charge < -0.3 is 34.1 Å². The summed E-state index contributed by atoms with van der Waals surface area (Å²) in [7, 11) is -0.665. The Morgan fingerprint density at radius 2 is 1.87 bits per heavy atom. The minimum atomic E-state index is -0.834. The van der Waals surface area contributed by atoms with Crippen molar-refractivity contribution < 1.29 is 28.5 Å². The van der Waals surface area contributed by atoms with Gasteiger partial charge in [0.25, 0.3) is 0 Å². The third-order valence-electron chi connectivity index (χ3n) is 7.08. The quantitative estimate of drug-likeness (QED) is 0.261. The molecule has 2 amide bonds. The van der Waals surface area contributed by atoms with Crippen LogP contribution in [0.1, 0.15) is 44.7 Å². The zero-order chi connectivity index (χ0) is 32.6. The number of nitrogens with zero attached hydrogens (tertiary/aromatic N) is 3. The van der Waals surface area contributed by atoms with Gasteiger partial charge in [-0.3, -0.25) is 4.79 Å². The lowest BCUT2D eigenvalue weighted by Crippen LogP contribution is -2.52. The molecule has 0 bridgehead atoms. The average Bonchev–Trinajstić information content (AvgIpc) is 3.33. The minimum Gasteiger partial charge on any atom is -0.456 e. The molecule has 2 N–H and O–H groups in total. The lowest BCUT2D eigenvalue weighted by molar-refractivity contribution is -0.124. The summed E-state index contributed by atoms with van der Waals surface area (Å²) in [5.41, 5.74) is 1.18. The summed E-state index contributed by atoms with van der Waals surface area (Å²) in [6.07, 6.45) is 11.2. The number of ether oxygens (including phenoxy) is 4. The number of pyridine rings is 1. The van der Waals surface area contributed by atoms with Gasteiger partial charge in [-0.15, -0.1) is 0 Å². The van der Waals surface area contributed by atoms with Crippen molar-refractivity contribution in [3.05, 3.63) is 53.9 Å². The first-order chi connectivity index (χ1) is 21.3. The van der Waals surface area contributed by atoms with Crippen LogP contribution in [0, 0.1) is 11.3 Å². The molecule has 3 heterocycles. The molecule has 1 saturated heterocycles. The number of benzene rings is 1. The fourth-order valence-corrected chi connectivity index (χ4v) is 5.40. The van der Waals surface area contributed by atoms with Crippen molar-refractivity contribution in [3.63, 3.8) is 0 Å². The van der Waals surface area contributed by atoms with E-state index in [4.69, 9.17) is 18.9 Å². The normalized spacial score (nSPS) is 15.2. The molecule has 0 aliphatic carbocycles. The largest absolute Gasteiger partial charge is 0.456 e. The van der Waals surface area contributed by atoms with E-state index in [0.29, 0.717) is 54.6 Å². The van der Waals surface area contributed by atoms with Gasteiger partial charge in [0.2, 0.25) is 5.91 Å². The van der Waals surface area contributed by atoms with E-state index in [1.165, 1.54) is 0 Å². The molecule has 0 saturated carbocycles. The number of amides is 2. The van der Waals surface area contributed by atoms with Gasteiger partial charge in [0.05, 0.1) is 17.6 Å². The molecule has 2 aromatic heterocycles. The summed E-state index contributed by atoms with van der Waals surface area (Å²) in [4.78, 5) is 30.3. The number of alkyl carbamates (subject to hydrolysis) is 1. The molecular weight excluding hydrogens is 594 g/mol. The van der Waals surface area contributed by atoms with E-state index in [-0.39, 0.29) is 18.4 Å². The number of carbonyl (C=O) groups excluding carboxylic acids is 2. The number of aromatic nitrogens is 2. The molecular formula is C33H45N5O6S. The second-order valence-electron chi connectivity index (χ2n) is 13.0. The molecule has 45 heavy (non-hydrogen) atoms. The number of hydrogen-bond acceptors (Lipinski definition) is 8. The van der Waals surface area contributed by atoms with Crippen LogP contribution in [0.25, 0.3) is 11.0 Å². The maximum absolute atomic E-state index is 13.2. The third-order valence-corrected chi connectivity index (χ3v) is 8.47. The van der Waals surface area contributed by atoms with Crippen LogP contribution in [0.15, 0.2) is 42.7 Å². The number of nitriles is 1. The van der Waals surface area contributed by atoms with Gasteiger partial charge in [-0.25, -0.2) is 19.8 Å². The van der Waals surface area contributed by atoms with Crippen molar-refractivity contribution in [1.29, 1.82) is 5.26 Å². The zero-order valence-electron chi connectivity index (χ0n) is 27.1. The van der Waals surface area contributed by atoms with Gasteiger partial charge in [0.15, 0.2) is 0 Å². The van der Waals surface area contributed by atoms with Gasteiger partial charge in [-0.1, -0.05) is 12.1 Å². The van der Waals surface area contributed by atoms with Gasteiger partial charge in [-0.2, -0.15) is 5.26 Å². The van der Waals surface area contributed by atoms with Crippen LogP contribution in [0.3, 0.4) is 0 Å². The molecule has 0 spiro atoms. The van der Waals surface area contributed by atoms with Crippen LogP contribution in [0.5, 0.6) is 11.5 Å². The summed E-state index contributed by atoms with van der Waals surface area (Å²) >= 11 is 0. The van der Waals surface area contributed by atoms with Crippen LogP contribution in [-0.4, -0.2) is 83.6 Å². The number of nitrogens with one attached hydrogen (secondary N) is 2. The monoisotopic (exact) mass is 639 g/mol. The zero-order valence-corrected chi connectivity index (χ0v) is 27.9. The highest BCUT2D eigenvalue weighted by atomic mass is 32.3. The van der Waals surface area contributed by atoms with E-state index in [1.807, 2.05) is 16.7 Å². The van der Waals surface area contributed by atoms with E-state index in [9.17, 15) is 14.9 Å². The topological polar surface area (TPSA) is 137 Å². The van der Waals surface area contributed by atoms with Crippen molar-refractivity contribution in [2.45, 2.75) is 64.4 Å². The second kappa shape index (κ2) is 15.0. The van der Waals surface area contributed by atoms with E-state index in [2.05, 4.69) is 40.5 Å². The van der Waals surface area contributed by atoms with Crippen molar-refractivity contribution in [2.24, 2.45) is 0 Å². The lowest BCUT2D eigenvalue weighted by atomic mass is 10.0. The third kappa shape index (κ3) is 10.4. The Labute approximate surface area is 266 Å². The SMILES string of the molecule is CC(C)(C)OC(=O)N[C@@H](Cc1ccc(Oc2ccnc3c2c(C#N)cn3COCCS(C)(C)C)cc1)C(=O)NC1CCOCC1. The van der Waals surface area contributed by atoms with Gasteiger partial charge in [0.1, 0.15) is 41.6 Å². The van der Waals surface area contributed by atoms with E-state index in [0.717, 1.165) is 24.2 Å². The van der Waals surface area contributed by atoms with E-state index >= 15 is 0 Å². The first-order valence-corrected chi connectivity index (χ1v) is 18.1. The Morgan fingerprint density at radius 1 is 1.16 bits per heavy atom. The Balaban J connectivity index is 1.47. The van der Waals surface area contributed by atoms with E-state index < -0.39 is 27.8 Å². The van der Waals surface area contributed by atoms with Gasteiger partial charge >= 0.3 is 6.09 Å². The summed E-state index contributed by atoms with van der Waals surface area (Å²) in [6, 6.07) is 10.4. The highest BCUT2D eigenvalue weighted by Crippen LogP contribution is 2.34. The number of fused-ring (bicyclic) bond motifs is 1. The van der Waals surface area contributed by atoms with Crippen molar-refractivity contribution in [3.8, 4) is 17.6 Å². The summed E-state index contributed by atoms with van der Waals surface area (Å²) < 4.78 is 24.8. The van der Waals surface area contributed by atoms with Crippen LogP contribution >= 0.6 is 10.0 Å². The van der Waals surface area contributed by atoms with Gasteiger partial charge in [0, 0.05) is 43.8 Å². The first-order valence-electron chi connectivity index (χ1n) is 15.1. The highest BCUT2D eigenvalue weighted by molar-refractivity contribution is 8.32. The maximum Gasteiger partial charge on any atom is 0.408 e. The number of rotatable bonds is 12. The van der Waals surface area contributed by atoms with Crippen molar-refractivity contribution in [2.75, 3.05) is 44.3 Å². The predicted molar refractivity (Wildman–Crippen MR) is 176 cm³/mol. The molecule has 12 heteroatoms. The van der Waals surface area contributed by atoms with Crippen LogP contribution in [0.2, 0.25) is 0 Å². The molecule has 11 nitrogen and oxygen atoms in total.